The molecule has 0 aliphatic carbocycles. The van der Waals surface area contributed by atoms with Crippen LogP contribution in [0.2, 0.25) is 0 Å². The molecule has 0 spiro atoms. The molecule has 7 heteroatoms. The van der Waals surface area contributed by atoms with Crippen LogP contribution < -0.4 is 5.43 Å². The Bertz CT molecular complexity index is 697. The summed E-state index contributed by atoms with van der Waals surface area (Å²) in [7, 11) is 0. The number of carbonyl (C=O) groups excluding carboxylic acids is 1. The van der Waals surface area contributed by atoms with Crippen LogP contribution in [0.5, 0.6) is 5.75 Å². The van der Waals surface area contributed by atoms with Gasteiger partial charge in [-0.2, -0.15) is 5.10 Å². The second kappa shape index (κ2) is 7.54. The summed E-state index contributed by atoms with van der Waals surface area (Å²) in [5.41, 5.74) is 3.80. The number of amides is 1. The number of carbonyl (C=O) groups is 1. The average molecular weight is 571 g/mol. The van der Waals surface area contributed by atoms with E-state index in [9.17, 15) is 9.90 Å². The second-order valence-electron chi connectivity index (χ2n) is 4.04. The molecule has 0 aliphatic rings. The predicted molar refractivity (Wildman–Crippen MR) is 103 cm³/mol. The van der Waals surface area contributed by atoms with Crippen molar-refractivity contribution in [2.45, 2.75) is 0 Å². The van der Waals surface area contributed by atoms with Crippen molar-refractivity contribution in [3.8, 4) is 5.75 Å². The van der Waals surface area contributed by atoms with E-state index in [1.807, 2.05) is 51.2 Å². The van der Waals surface area contributed by atoms with E-state index in [0.29, 0.717) is 5.56 Å². The van der Waals surface area contributed by atoms with Crippen molar-refractivity contribution in [1.29, 1.82) is 0 Å². The monoisotopic (exact) mass is 570 g/mol. The molecule has 1 amide bonds. The van der Waals surface area contributed by atoms with Crippen molar-refractivity contribution in [2.75, 3.05) is 0 Å². The van der Waals surface area contributed by atoms with Gasteiger partial charge in [0.15, 0.2) is 0 Å². The molecule has 0 fully saturated rings. The van der Waals surface area contributed by atoms with Crippen LogP contribution in [-0.2, 0) is 0 Å². The predicted octanol–water partition coefficient (Wildman–Crippen LogP) is 4.13. The summed E-state index contributed by atoms with van der Waals surface area (Å²) in [6.45, 7) is 0. The molecule has 0 atom stereocenters. The number of rotatable bonds is 3. The Morgan fingerprint density at radius 2 is 1.90 bits per heavy atom. The van der Waals surface area contributed by atoms with Crippen LogP contribution in [0.4, 0.5) is 0 Å². The van der Waals surface area contributed by atoms with E-state index in [-0.39, 0.29) is 11.7 Å². The number of hydrazone groups is 1. The van der Waals surface area contributed by atoms with Crippen LogP contribution in [0, 0.1) is 7.14 Å². The summed E-state index contributed by atoms with van der Waals surface area (Å²) in [4.78, 5) is 11.9. The number of hydrogen-bond donors (Lipinski definition) is 2. The number of nitrogens with zero attached hydrogens (tertiary/aromatic N) is 1. The Kier molecular flexibility index (Phi) is 5.99. The van der Waals surface area contributed by atoms with E-state index in [2.05, 4.69) is 26.5 Å². The highest BCUT2D eigenvalue weighted by atomic mass is 127. The van der Waals surface area contributed by atoms with Crippen molar-refractivity contribution in [1.82, 2.24) is 5.43 Å². The van der Waals surface area contributed by atoms with E-state index in [4.69, 9.17) is 0 Å². The van der Waals surface area contributed by atoms with Gasteiger partial charge in [-0.25, -0.2) is 5.43 Å². The van der Waals surface area contributed by atoms with Crippen molar-refractivity contribution in [3.63, 3.8) is 0 Å². The van der Waals surface area contributed by atoms with Gasteiger partial charge in [0.25, 0.3) is 5.91 Å². The maximum Gasteiger partial charge on any atom is 0.271 e. The van der Waals surface area contributed by atoms with Gasteiger partial charge in [-0.15, -0.1) is 0 Å². The highest BCUT2D eigenvalue weighted by Crippen LogP contribution is 2.26. The summed E-state index contributed by atoms with van der Waals surface area (Å²) in [5.74, 6) is -0.0257. The third kappa shape index (κ3) is 4.65. The fourth-order valence-corrected chi connectivity index (χ4v) is 3.73. The Balaban J connectivity index is 2.07. The third-order valence-corrected chi connectivity index (χ3v) is 4.64. The van der Waals surface area contributed by atoms with Gasteiger partial charge in [0.2, 0.25) is 0 Å². The zero-order chi connectivity index (χ0) is 15.4. The summed E-state index contributed by atoms with van der Waals surface area (Å²) in [6.07, 6.45) is 1.54. The minimum absolute atomic E-state index is 0.256. The van der Waals surface area contributed by atoms with E-state index in [0.717, 1.165) is 17.2 Å². The van der Waals surface area contributed by atoms with Crippen LogP contribution in [0.25, 0.3) is 0 Å². The number of phenolic OH excluding ortho intramolecular Hbond substituents is 1. The van der Waals surface area contributed by atoms with E-state index >= 15 is 0 Å². The topological polar surface area (TPSA) is 61.7 Å². The number of halogens is 3. The Morgan fingerprint density at radius 1 is 1.24 bits per heavy atom. The molecule has 0 unspecified atom stereocenters. The second-order valence-corrected chi connectivity index (χ2v) is 7.28. The number of nitrogens with one attached hydrogen (secondary N) is 1. The molecule has 2 aromatic carbocycles. The number of hydrogen-bond acceptors (Lipinski definition) is 3. The first-order valence-corrected chi connectivity index (χ1v) is 8.69. The molecule has 0 aromatic heterocycles. The molecule has 0 radical (unpaired) electrons. The van der Waals surface area contributed by atoms with Gasteiger partial charge in [-0.3, -0.25) is 4.79 Å². The van der Waals surface area contributed by atoms with Gasteiger partial charge in [0, 0.05) is 10.0 Å². The summed E-state index contributed by atoms with van der Waals surface area (Å²) >= 11 is 7.40. The van der Waals surface area contributed by atoms with Crippen LogP contribution >= 0.6 is 61.1 Å². The Labute approximate surface area is 157 Å². The highest BCUT2D eigenvalue weighted by molar-refractivity contribution is 14.1. The van der Waals surface area contributed by atoms with Gasteiger partial charge >= 0.3 is 0 Å². The minimum Gasteiger partial charge on any atom is -0.506 e. The standard InChI is InChI=1S/C14H9BrI2N2O2/c15-10-3-1-2-9(6-10)14(21)19-18-7-8-4-11(16)13(20)12(17)5-8/h1-7,20H,(H,19,21). The first kappa shape index (κ1) is 16.7. The molecule has 2 N–H and O–H groups in total. The molecule has 0 saturated carbocycles. The molecular weight excluding hydrogens is 562 g/mol. The fraction of sp³-hybridized carbons (Fsp3) is 0. The molecule has 0 aliphatic heterocycles. The van der Waals surface area contributed by atoms with Gasteiger partial charge in [-0.05, 0) is 81.1 Å². The maximum atomic E-state index is 11.9. The summed E-state index contributed by atoms with van der Waals surface area (Å²) in [5, 5.41) is 13.6. The van der Waals surface area contributed by atoms with Crippen LogP contribution in [-0.4, -0.2) is 17.2 Å². The van der Waals surface area contributed by atoms with Gasteiger partial charge < -0.3 is 5.11 Å². The van der Waals surface area contributed by atoms with E-state index < -0.39 is 0 Å². The number of phenols is 1. The lowest BCUT2D eigenvalue weighted by Gasteiger charge is -2.03. The first-order chi connectivity index (χ1) is 9.97. The zero-order valence-electron chi connectivity index (χ0n) is 10.5. The quantitative estimate of drug-likeness (QED) is 0.331. The highest BCUT2D eigenvalue weighted by Gasteiger charge is 2.06. The van der Waals surface area contributed by atoms with E-state index in [1.165, 1.54) is 0 Å². The maximum absolute atomic E-state index is 11.9. The van der Waals surface area contributed by atoms with Crippen LogP contribution in [0.1, 0.15) is 15.9 Å². The molecule has 2 rings (SSSR count). The van der Waals surface area contributed by atoms with Crippen molar-refractivity contribution in [2.24, 2.45) is 5.10 Å². The molecule has 4 nitrogen and oxygen atoms in total. The normalized spacial score (nSPS) is 10.8. The lowest BCUT2D eigenvalue weighted by molar-refractivity contribution is 0.0955. The number of aromatic hydroxyl groups is 1. The molecule has 0 heterocycles. The van der Waals surface area contributed by atoms with Crippen molar-refractivity contribution >= 4 is 73.2 Å². The van der Waals surface area contributed by atoms with Crippen LogP contribution in [0.15, 0.2) is 46.0 Å². The summed E-state index contributed by atoms with van der Waals surface area (Å²) < 4.78 is 2.31. The fourth-order valence-electron chi connectivity index (χ4n) is 1.52. The van der Waals surface area contributed by atoms with Gasteiger partial charge in [0.05, 0.1) is 13.4 Å². The lowest BCUT2D eigenvalue weighted by atomic mass is 10.2. The van der Waals surface area contributed by atoms with Crippen molar-refractivity contribution in [3.05, 3.63) is 59.1 Å². The molecule has 0 bridgehead atoms. The smallest absolute Gasteiger partial charge is 0.271 e. The Morgan fingerprint density at radius 3 is 2.52 bits per heavy atom. The SMILES string of the molecule is O=C(NN=Cc1cc(I)c(O)c(I)c1)c1cccc(Br)c1. The largest absolute Gasteiger partial charge is 0.506 e. The van der Waals surface area contributed by atoms with Gasteiger partial charge in [-0.1, -0.05) is 22.0 Å². The minimum atomic E-state index is -0.282. The zero-order valence-corrected chi connectivity index (χ0v) is 16.4. The molecular formula is C14H9BrI2N2O2. The Hall–Kier alpha value is -0.680. The molecule has 108 valence electrons. The third-order valence-electron chi connectivity index (χ3n) is 2.51. The van der Waals surface area contributed by atoms with E-state index in [1.54, 1.807) is 36.5 Å². The van der Waals surface area contributed by atoms with Crippen molar-refractivity contribution < 1.29 is 9.90 Å². The van der Waals surface area contributed by atoms with Crippen LogP contribution in [0.3, 0.4) is 0 Å². The summed E-state index contributed by atoms with van der Waals surface area (Å²) in [6, 6.07) is 10.6. The number of benzene rings is 2. The lowest BCUT2D eigenvalue weighted by Crippen LogP contribution is -2.17. The first-order valence-electron chi connectivity index (χ1n) is 5.74. The molecule has 0 saturated heterocycles. The average Bonchev–Trinajstić information content (AvgIpc) is 2.44. The van der Waals surface area contributed by atoms with Gasteiger partial charge in [0.1, 0.15) is 5.75 Å². The molecule has 2 aromatic rings. The molecule has 21 heavy (non-hydrogen) atoms.